The standard InChI is InChI=1S/C14H12Br2/c1-10(11-5-4-6-12(15)9-11)13-7-2-3-8-14(13)16/h2-10H,1H3. The third kappa shape index (κ3) is 2.55. The van der Waals surface area contributed by atoms with Gasteiger partial charge in [-0.25, -0.2) is 0 Å². The highest BCUT2D eigenvalue weighted by Gasteiger charge is 2.10. The third-order valence-corrected chi connectivity index (χ3v) is 3.94. The molecule has 0 aliphatic rings. The predicted molar refractivity (Wildman–Crippen MR) is 75.8 cm³/mol. The first-order valence-electron chi connectivity index (χ1n) is 5.18. The van der Waals surface area contributed by atoms with Gasteiger partial charge >= 0.3 is 0 Å². The molecule has 2 heteroatoms. The van der Waals surface area contributed by atoms with Gasteiger partial charge in [0.1, 0.15) is 0 Å². The van der Waals surface area contributed by atoms with Gasteiger partial charge in [0, 0.05) is 14.9 Å². The molecule has 0 fully saturated rings. The summed E-state index contributed by atoms with van der Waals surface area (Å²) in [5.41, 5.74) is 2.64. The zero-order chi connectivity index (χ0) is 11.5. The van der Waals surface area contributed by atoms with Gasteiger partial charge in [0.15, 0.2) is 0 Å². The van der Waals surface area contributed by atoms with E-state index in [1.807, 2.05) is 6.07 Å². The van der Waals surface area contributed by atoms with Crippen LogP contribution < -0.4 is 0 Å². The molecule has 2 aromatic rings. The SMILES string of the molecule is CC(c1cccc(Br)c1)c1ccccc1Br. The highest BCUT2D eigenvalue weighted by Crippen LogP contribution is 2.30. The molecule has 2 rings (SSSR count). The van der Waals surface area contributed by atoms with Crippen molar-refractivity contribution in [2.75, 3.05) is 0 Å². The lowest BCUT2D eigenvalue weighted by atomic mass is 9.93. The van der Waals surface area contributed by atoms with Crippen molar-refractivity contribution >= 4 is 31.9 Å². The average Bonchev–Trinajstić information content (AvgIpc) is 2.29. The van der Waals surface area contributed by atoms with Crippen molar-refractivity contribution < 1.29 is 0 Å². The lowest BCUT2D eigenvalue weighted by molar-refractivity contribution is 0.915. The van der Waals surface area contributed by atoms with E-state index >= 15 is 0 Å². The number of halogens is 2. The molecule has 0 saturated heterocycles. The van der Waals surface area contributed by atoms with Crippen LogP contribution in [0.3, 0.4) is 0 Å². The second-order valence-corrected chi connectivity index (χ2v) is 5.57. The van der Waals surface area contributed by atoms with Crippen molar-refractivity contribution in [3.05, 3.63) is 68.6 Å². The monoisotopic (exact) mass is 338 g/mol. The minimum absolute atomic E-state index is 0.396. The van der Waals surface area contributed by atoms with Crippen LogP contribution in [-0.2, 0) is 0 Å². The highest BCUT2D eigenvalue weighted by atomic mass is 79.9. The predicted octanol–water partition coefficient (Wildman–Crippen LogP) is 5.36. The Labute approximate surface area is 113 Å². The maximum atomic E-state index is 3.60. The van der Waals surface area contributed by atoms with Gasteiger partial charge in [-0.3, -0.25) is 0 Å². The van der Waals surface area contributed by atoms with Crippen molar-refractivity contribution in [3.8, 4) is 0 Å². The molecule has 0 nitrogen and oxygen atoms in total. The Hall–Kier alpha value is -0.600. The van der Waals surface area contributed by atoms with Crippen LogP contribution in [0.4, 0.5) is 0 Å². The van der Waals surface area contributed by atoms with Crippen molar-refractivity contribution in [2.45, 2.75) is 12.8 Å². The molecule has 0 heterocycles. The third-order valence-electron chi connectivity index (χ3n) is 2.72. The van der Waals surface area contributed by atoms with Crippen LogP contribution in [0, 0.1) is 0 Å². The summed E-state index contributed by atoms with van der Waals surface area (Å²) in [6, 6.07) is 16.8. The molecule has 0 radical (unpaired) electrons. The Morgan fingerprint density at radius 3 is 2.38 bits per heavy atom. The van der Waals surface area contributed by atoms with Crippen LogP contribution in [0.25, 0.3) is 0 Å². The molecular weight excluding hydrogens is 328 g/mol. The fourth-order valence-corrected chi connectivity index (χ4v) is 2.83. The molecule has 0 aliphatic heterocycles. The zero-order valence-corrected chi connectivity index (χ0v) is 12.1. The minimum atomic E-state index is 0.396. The molecule has 0 amide bonds. The lowest BCUT2D eigenvalue weighted by Crippen LogP contribution is -1.96. The van der Waals surface area contributed by atoms with Gasteiger partial charge in [-0.15, -0.1) is 0 Å². The van der Waals surface area contributed by atoms with Gasteiger partial charge in [0.05, 0.1) is 0 Å². The fourth-order valence-electron chi connectivity index (χ4n) is 1.78. The Bertz CT molecular complexity index is 492. The minimum Gasteiger partial charge on any atom is -0.0619 e. The van der Waals surface area contributed by atoms with Gasteiger partial charge in [0.2, 0.25) is 0 Å². The van der Waals surface area contributed by atoms with Gasteiger partial charge in [-0.1, -0.05) is 69.1 Å². The van der Waals surface area contributed by atoms with E-state index < -0.39 is 0 Å². The van der Waals surface area contributed by atoms with Crippen LogP contribution in [-0.4, -0.2) is 0 Å². The first kappa shape index (κ1) is 11.9. The molecule has 0 saturated carbocycles. The molecule has 0 spiro atoms. The summed E-state index contributed by atoms with van der Waals surface area (Å²) in [5, 5.41) is 0. The quantitative estimate of drug-likeness (QED) is 0.690. The second-order valence-electron chi connectivity index (χ2n) is 3.80. The summed E-state index contributed by atoms with van der Waals surface area (Å²) in [4.78, 5) is 0. The lowest BCUT2D eigenvalue weighted by Gasteiger charge is -2.14. The van der Waals surface area contributed by atoms with Crippen LogP contribution in [0.15, 0.2) is 57.5 Å². The molecule has 0 bridgehead atoms. The van der Waals surface area contributed by atoms with Crippen LogP contribution in [0.1, 0.15) is 24.0 Å². The Morgan fingerprint density at radius 1 is 0.938 bits per heavy atom. The molecular formula is C14H12Br2. The van der Waals surface area contributed by atoms with Crippen LogP contribution >= 0.6 is 31.9 Å². The molecule has 0 aliphatic carbocycles. The summed E-state index contributed by atoms with van der Waals surface area (Å²) in [5.74, 6) is 0.396. The Kier molecular flexibility index (Phi) is 3.82. The number of rotatable bonds is 2. The molecule has 16 heavy (non-hydrogen) atoms. The number of benzene rings is 2. The van der Waals surface area contributed by atoms with Gasteiger partial charge < -0.3 is 0 Å². The van der Waals surface area contributed by atoms with E-state index in [2.05, 4.69) is 81.2 Å². The maximum absolute atomic E-state index is 3.60. The molecule has 82 valence electrons. The first-order valence-corrected chi connectivity index (χ1v) is 6.77. The summed E-state index contributed by atoms with van der Waals surface area (Å²) in [6.07, 6.45) is 0. The van der Waals surface area contributed by atoms with E-state index in [9.17, 15) is 0 Å². The topological polar surface area (TPSA) is 0 Å². The molecule has 0 N–H and O–H groups in total. The molecule has 1 atom stereocenters. The maximum Gasteiger partial charge on any atom is 0.0213 e. The fraction of sp³-hybridized carbons (Fsp3) is 0.143. The summed E-state index contributed by atoms with van der Waals surface area (Å²) in [6.45, 7) is 2.22. The highest BCUT2D eigenvalue weighted by molar-refractivity contribution is 9.10. The van der Waals surface area contributed by atoms with Crippen molar-refractivity contribution in [2.24, 2.45) is 0 Å². The average molecular weight is 340 g/mol. The van der Waals surface area contributed by atoms with E-state index in [0.29, 0.717) is 5.92 Å². The van der Waals surface area contributed by atoms with E-state index in [1.54, 1.807) is 0 Å². The molecule has 1 unspecified atom stereocenters. The second kappa shape index (κ2) is 5.15. The normalized spacial score (nSPS) is 12.4. The van der Waals surface area contributed by atoms with Crippen molar-refractivity contribution in [1.29, 1.82) is 0 Å². The van der Waals surface area contributed by atoms with Gasteiger partial charge in [-0.05, 0) is 29.3 Å². The van der Waals surface area contributed by atoms with Crippen molar-refractivity contribution in [3.63, 3.8) is 0 Å². The van der Waals surface area contributed by atoms with Gasteiger partial charge in [0.25, 0.3) is 0 Å². The van der Waals surface area contributed by atoms with E-state index in [0.717, 1.165) is 4.47 Å². The Balaban J connectivity index is 2.39. The number of hydrogen-bond donors (Lipinski definition) is 0. The summed E-state index contributed by atoms with van der Waals surface area (Å²) < 4.78 is 2.30. The van der Waals surface area contributed by atoms with E-state index in [4.69, 9.17) is 0 Å². The van der Waals surface area contributed by atoms with Crippen LogP contribution in [0.2, 0.25) is 0 Å². The smallest absolute Gasteiger partial charge is 0.0213 e. The van der Waals surface area contributed by atoms with Crippen molar-refractivity contribution in [1.82, 2.24) is 0 Å². The zero-order valence-electron chi connectivity index (χ0n) is 8.95. The largest absolute Gasteiger partial charge is 0.0619 e. The summed E-state index contributed by atoms with van der Waals surface area (Å²) in [7, 11) is 0. The molecule has 2 aromatic carbocycles. The molecule has 0 aromatic heterocycles. The van der Waals surface area contributed by atoms with E-state index in [1.165, 1.54) is 15.6 Å². The number of hydrogen-bond acceptors (Lipinski definition) is 0. The Morgan fingerprint density at radius 2 is 1.69 bits per heavy atom. The van der Waals surface area contributed by atoms with Crippen LogP contribution in [0.5, 0.6) is 0 Å². The summed E-state index contributed by atoms with van der Waals surface area (Å²) >= 11 is 7.11. The van der Waals surface area contributed by atoms with E-state index in [-0.39, 0.29) is 0 Å². The first-order chi connectivity index (χ1) is 7.68. The van der Waals surface area contributed by atoms with Gasteiger partial charge in [-0.2, -0.15) is 0 Å².